The van der Waals surface area contributed by atoms with Crippen LogP contribution < -0.4 is 14.8 Å². The second-order valence-electron chi connectivity index (χ2n) is 5.73. The van der Waals surface area contributed by atoms with Crippen LogP contribution in [0.4, 0.5) is 0 Å². The highest BCUT2D eigenvalue weighted by Crippen LogP contribution is 2.32. The van der Waals surface area contributed by atoms with Gasteiger partial charge in [0.05, 0.1) is 0 Å². The summed E-state index contributed by atoms with van der Waals surface area (Å²) >= 11 is 0. The Morgan fingerprint density at radius 1 is 1.15 bits per heavy atom. The molecule has 26 heavy (non-hydrogen) atoms. The van der Waals surface area contributed by atoms with E-state index in [1.54, 1.807) is 24.3 Å². The van der Waals surface area contributed by atoms with Crippen molar-refractivity contribution in [1.82, 2.24) is 5.32 Å². The van der Waals surface area contributed by atoms with E-state index in [1.807, 2.05) is 30.3 Å². The maximum Gasteiger partial charge on any atom is 0.331 e. The minimum Gasteiger partial charge on any atom is -0.454 e. The molecule has 134 valence electrons. The molecule has 0 saturated heterocycles. The molecule has 0 unspecified atom stereocenters. The number of hydrogen-bond acceptors (Lipinski definition) is 5. The van der Waals surface area contributed by atoms with E-state index in [9.17, 15) is 9.59 Å². The largest absolute Gasteiger partial charge is 0.454 e. The molecule has 2 aromatic carbocycles. The summed E-state index contributed by atoms with van der Waals surface area (Å²) in [5.41, 5.74) is 1.74. The second kappa shape index (κ2) is 8.20. The molecule has 0 spiro atoms. The SMILES string of the molecule is C[C@H](OC(=O)/C=C/c1ccc2c(c1)OCO2)C(=O)NCc1ccccc1. The molecule has 1 N–H and O–H groups in total. The van der Waals surface area contributed by atoms with Crippen LogP contribution in [0, 0.1) is 0 Å². The van der Waals surface area contributed by atoms with Crippen LogP contribution in [-0.4, -0.2) is 24.8 Å². The number of esters is 1. The number of rotatable bonds is 6. The third kappa shape index (κ3) is 4.63. The van der Waals surface area contributed by atoms with Gasteiger partial charge in [-0.25, -0.2) is 4.79 Å². The van der Waals surface area contributed by atoms with Crippen LogP contribution in [0.5, 0.6) is 11.5 Å². The van der Waals surface area contributed by atoms with Gasteiger partial charge < -0.3 is 19.5 Å². The van der Waals surface area contributed by atoms with Crippen LogP contribution >= 0.6 is 0 Å². The van der Waals surface area contributed by atoms with Crippen LogP contribution in [0.2, 0.25) is 0 Å². The second-order valence-corrected chi connectivity index (χ2v) is 5.73. The van der Waals surface area contributed by atoms with Crippen molar-refractivity contribution in [2.24, 2.45) is 0 Å². The van der Waals surface area contributed by atoms with E-state index < -0.39 is 12.1 Å². The lowest BCUT2D eigenvalue weighted by Gasteiger charge is -2.12. The normalized spacial score (nSPS) is 13.4. The summed E-state index contributed by atoms with van der Waals surface area (Å²) in [4.78, 5) is 23.9. The Morgan fingerprint density at radius 2 is 1.92 bits per heavy atom. The number of carbonyl (C=O) groups is 2. The lowest BCUT2D eigenvalue weighted by molar-refractivity contribution is -0.150. The van der Waals surface area contributed by atoms with Crippen molar-refractivity contribution < 1.29 is 23.8 Å². The van der Waals surface area contributed by atoms with E-state index in [0.717, 1.165) is 11.1 Å². The third-order valence-electron chi connectivity index (χ3n) is 3.78. The Morgan fingerprint density at radius 3 is 2.73 bits per heavy atom. The highest BCUT2D eigenvalue weighted by Gasteiger charge is 2.16. The van der Waals surface area contributed by atoms with E-state index in [4.69, 9.17) is 14.2 Å². The Hall–Kier alpha value is -3.28. The number of nitrogens with one attached hydrogen (secondary N) is 1. The van der Waals surface area contributed by atoms with E-state index >= 15 is 0 Å². The van der Waals surface area contributed by atoms with Gasteiger partial charge in [-0.3, -0.25) is 4.79 Å². The molecule has 1 amide bonds. The molecule has 2 aromatic rings. The molecule has 1 aliphatic heterocycles. The van der Waals surface area contributed by atoms with Crippen LogP contribution in [-0.2, 0) is 20.9 Å². The van der Waals surface area contributed by atoms with Gasteiger partial charge in [0, 0.05) is 12.6 Å². The van der Waals surface area contributed by atoms with Crippen molar-refractivity contribution in [2.75, 3.05) is 6.79 Å². The van der Waals surface area contributed by atoms with Gasteiger partial charge in [-0.1, -0.05) is 36.4 Å². The van der Waals surface area contributed by atoms with E-state index in [2.05, 4.69) is 5.32 Å². The van der Waals surface area contributed by atoms with Crippen LogP contribution in [0.3, 0.4) is 0 Å². The lowest BCUT2D eigenvalue weighted by atomic mass is 10.2. The van der Waals surface area contributed by atoms with Gasteiger partial charge in [-0.15, -0.1) is 0 Å². The van der Waals surface area contributed by atoms with Crippen molar-refractivity contribution in [3.63, 3.8) is 0 Å². The number of benzene rings is 2. The molecule has 0 radical (unpaired) electrons. The summed E-state index contributed by atoms with van der Waals surface area (Å²) in [6.45, 7) is 2.11. The molecule has 6 nitrogen and oxygen atoms in total. The van der Waals surface area contributed by atoms with Gasteiger partial charge in [-0.05, 0) is 36.3 Å². The van der Waals surface area contributed by atoms with E-state index in [-0.39, 0.29) is 12.7 Å². The zero-order chi connectivity index (χ0) is 18.4. The lowest BCUT2D eigenvalue weighted by Crippen LogP contribution is -2.35. The van der Waals surface area contributed by atoms with E-state index in [0.29, 0.717) is 18.0 Å². The van der Waals surface area contributed by atoms with Gasteiger partial charge in [0.2, 0.25) is 6.79 Å². The summed E-state index contributed by atoms with van der Waals surface area (Å²) in [6, 6.07) is 14.8. The van der Waals surface area contributed by atoms with Gasteiger partial charge in [-0.2, -0.15) is 0 Å². The maximum absolute atomic E-state index is 12.0. The number of hydrogen-bond donors (Lipinski definition) is 1. The molecule has 0 fully saturated rings. The van der Waals surface area contributed by atoms with Gasteiger partial charge >= 0.3 is 5.97 Å². The average Bonchev–Trinajstić information content (AvgIpc) is 3.13. The van der Waals surface area contributed by atoms with Gasteiger partial charge in [0.15, 0.2) is 17.6 Å². The minimum atomic E-state index is -0.882. The van der Waals surface area contributed by atoms with Crippen molar-refractivity contribution in [3.8, 4) is 11.5 Å². The summed E-state index contributed by atoms with van der Waals surface area (Å²) in [6.07, 6.45) is 1.99. The Labute approximate surface area is 151 Å². The fraction of sp³-hybridized carbons (Fsp3) is 0.200. The zero-order valence-electron chi connectivity index (χ0n) is 14.3. The first-order valence-corrected chi connectivity index (χ1v) is 8.22. The molecule has 0 aromatic heterocycles. The van der Waals surface area contributed by atoms with Crippen LogP contribution in [0.25, 0.3) is 6.08 Å². The van der Waals surface area contributed by atoms with Crippen LogP contribution in [0.1, 0.15) is 18.1 Å². The minimum absolute atomic E-state index is 0.195. The highest BCUT2D eigenvalue weighted by atomic mass is 16.7. The highest BCUT2D eigenvalue weighted by molar-refractivity contribution is 5.90. The number of amides is 1. The molecule has 0 saturated carbocycles. The van der Waals surface area contributed by atoms with Gasteiger partial charge in [0.1, 0.15) is 0 Å². The summed E-state index contributed by atoms with van der Waals surface area (Å²) in [5.74, 6) is 0.367. The fourth-order valence-electron chi connectivity index (χ4n) is 2.38. The molecule has 6 heteroatoms. The molecule has 3 rings (SSSR count). The third-order valence-corrected chi connectivity index (χ3v) is 3.78. The smallest absolute Gasteiger partial charge is 0.331 e. The predicted molar refractivity (Wildman–Crippen MR) is 95.4 cm³/mol. The Bertz CT molecular complexity index is 816. The summed E-state index contributed by atoms with van der Waals surface area (Å²) in [7, 11) is 0. The molecular weight excluding hydrogens is 334 g/mol. The van der Waals surface area contributed by atoms with Crippen molar-refractivity contribution in [1.29, 1.82) is 0 Å². The fourth-order valence-corrected chi connectivity index (χ4v) is 2.38. The zero-order valence-corrected chi connectivity index (χ0v) is 14.3. The summed E-state index contributed by atoms with van der Waals surface area (Å²) < 4.78 is 15.6. The first kappa shape index (κ1) is 17.5. The van der Waals surface area contributed by atoms with Crippen molar-refractivity contribution >= 4 is 18.0 Å². The number of ether oxygens (including phenoxy) is 3. The van der Waals surface area contributed by atoms with Crippen LogP contribution in [0.15, 0.2) is 54.6 Å². The average molecular weight is 353 g/mol. The standard InChI is InChI=1S/C20H19NO5/c1-14(20(23)21-12-16-5-3-2-4-6-16)26-19(22)10-8-15-7-9-17-18(11-15)25-13-24-17/h2-11,14H,12-13H2,1H3,(H,21,23)/b10-8+/t14-/m0/s1. The predicted octanol–water partition coefficient (Wildman–Crippen LogP) is 2.68. The van der Waals surface area contributed by atoms with Crippen molar-refractivity contribution in [2.45, 2.75) is 19.6 Å². The Kier molecular flexibility index (Phi) is 5.53. The topological polar surface area (TPSA) is 73.9 Å². The van der Waals surface area contributed by atoms with Gasteiger partial charge in [0.25, 0.3) is 5.91 Å². The molecule has 1 aliphatic rings. The number of carbonyl (C=O) groups excluding carboxylic acids is 2. The molecular formula is C20H19NO5. The molecule has 0 bridgehead atoms. The van der Waals surface area contributed by atoms with E-state index in [1.165, 1.54) is 13.0 Å². The quantitative estimate of drug-likeness (QED) is 0.638. The molecule has 0 aliphatic carbocycles. The molecule has 1 heterocycles. The Balaban J connectivity index is 1.48. The number of fused-ring (bicyclic) bond motifs is 1. The monoisotopic (exact) mass is 353 g/mol. The molecule has 1 atom stereocenters. The van der Waals surface area contributed by atoms with Crippen molar-refractivity contribution in [3.05, 3.63) is 65.7 Å². The maximum atomic E-state index is 12.0. The summed E-state index contributed by atoms with van der Waals surface area (Å²) in [5, 5.41) is 2.74. The first-order chi connectivity index (χ1) is 12.6. The first-order valence-electron chi connectivity index (χ1n) is 8.22.